The molecule has 1 aromatic heterocycles. The standard InChI is InChI=1S/C21H18FN3O2/c22-18-9-5-4-8-17(18)19-14-20(24-27-19)23-21(26)25-12-10-16(11-13-25)15-6-2-1-3-7-15/h1-10,14H,11-13H2,(H,23,24,26). The Bertz CT molecular complexity index is 982. The second kappa shape index (κ2) is 7.45. The summed E-state index contributed by atoms with van der Waals surface area (Å²) in [5.74, 6) is 0.130. The van der Waals surface area contributed by atoms with E-state index in [0.29, 0.717) is 18.7 Å². The van der Waals surface area contributed by atoms with Gasteiger partial charge in [-0.15, -0.1) is 0 Å². The summed E-state index contributed by atoms with van der Waals surface area (Å²) in [4.78, 5) is 14.2. The molecule has 0 radical (unpaired) electrons. The van der Waals surface area contributed by atoms with Gasteiger partial charge in [-0.25, -0.2) is 9.18 Å². The molecule has 2 amide bonds. The minimum absolute atomic E-state index is 0.258. The third-order valence-electron chi connectivity index (χ3n) is 4.53. The average Bonchev–Trinajstić information content (AvgIpc) is 3.17. The molecule has 0 fully saturated rings. The van der Waals surface area contributed by atoms with Crippen LogP contribution in [0.25, 0.3) is 16.9 Å². The van der Waals surface area contributed by atoms with Gasteiger partial charge in [-0.3, -0.25) is 5.32 Å². The number of halogens is 1. The van der Waals surface area contributed by atoms with Gasteiger partial charge in [-0.2, -0.15) is 0 Å². The highest BCUT2D eigenvalue weighted by Gasteiger charge is 2.19. The molecule has 2 heterocycles. The molecule has 0 saturated heterocycles. The molecule has 27 heavy (non-hydrogen) atoms. The monoisotopic (exact) mass is 363 g/mol. The van der Waals surface area contributed by atoms with Gasteiger partial charge < -0.3 is 9.42 Å². The number of nitrogens with zero attached hydrogens (tertiary/aromatic N) is 2. The van der Waals surface area contributed by atoms with E-state index in [-0.39, 0.29) is 17.6 Å². The van der Waals surface area contributed by atoms with Crippen LogP contribution in [0.15, 0.2) is 71.3 Å². The first kappa shape index (κ1) is 17.0. The number of anilines is 1. The number of carbonyl (C=O) groups excluding carboxylic acids is 1. The van der Waals surface area contributed by atoms with Crippen molar-refractivity contribution in [1.82, 2.24) is 10.1 Å². The fraction of sp³-hybridized carbons (Fsp3) is 0.143. The van der Waals surface area contributed by atoms with Crippen LogP contribution in [0.1, 0.15) is 12.0 Å². The lowest BCUT2D eigenvalue weighted by molar-refractivity contribution is 0.216. The Kier molecular flexibility index (Phi) is 4.70. The summed E-state index contributed by atoms with van der Waals surface area (Å²) >= 11 is 0. The Morgan fingerprint density at radius 3 is 2.63 bits per heavy atom. The molecule has 1 N–H and O–H groups in total. The van der Waals surface area contributed by atoms with Gasteiger partial charge in [0.2, 0.25) is 0 Å². The highest BCUT2D eigenvalue weighted by atomic mass is 19.1. The second-order valence-corrected chi connectivity index (χ2v) is 6.28. The number of urea groups is 1. The maximum atomic E-state index is 13.8. The maximum Gasteiger partial charge on any atom is 0.323 e. The zero-order valence-electron chi connectivity index (χ0n) is 14.6. The molecule has 1 aliphatic rings. The molecular formula is C21H18FN3O2. The summed E-state index contributed by atoms with van der Waals surface area (Å²) in [6, 6.07) is 17.7. The largest absolute Gasteiger partial charge is 0.354 e. The Labute approximate surface area is 156 Å². The van der Waals surface area contributed by atoms with E-state index >= 15 is 0 Å². The second-order valence-electron chi connectivity index (χ2n) is 6.28. The summed E-state index contributed by atoms with van der Waals surface area (Å²) in [6.45, 7) is 1.14. The van der Waals surface area contributed by atoms with E-state index in [1.807, 2.05) is 18.2 Å². The minimum Gasteiger partial charge on any atom is -0.354 e. The average molecular weight is 363 g/mol. The Morgan fingerprint density at radius 1 is 1.11 bits per heavy atom. The van der Waals surface area contributed by atoms with E-state index < -0.39 is 5.82 Å². The van der Waals surface area contributed by atoms with Gasteiger partial charge in [0.1, 0.15) is 5.82 Å². The van der Waals surface area contributed by atoms with Crippen molar-refractivity contribution in [1.29, 1.82) is 0 Å². The Hall–Kier alpha value is -3.41. The van der Waals surface area contributed by atoms with E-state index in [9.17, 15) is 9.18 Å². The van der Waals surface area contributed by atoms with Gasteiger partial charge in [-0.05, 0) is 29.7 Å². The summed E-state index contributed by atoms with van der Waals surface area (Å²) in [7, 11) is 0. The molecule has 0 spiro atoms. The first-order valence-corrected chi connectivity index (χ1v) is 8.73. The summed E-state index contributed by atoms with van der Waals surface area (Å²) in [5.41, 5.74) is 2.73. The topological polar surface area (TPSA) is 58.4 Å². The van der Waals surface area contributed by atoms with E-state index in [1.54, 1.807) is 23.1 Å². The zero-order valence-corrected chi connectivity index (χ0v) is 14.6. The van der Waals surface area contributed by atoms with Crippen LogP contribution >= 0.6 is 0 Å². The third-order valence-corrected chi connectivity index (χ3v) is 4.53. The van der Waals surface area contributed by atoms with Crippen LogP contribution in [-0.2, 0) is 0 Å². The van der Waals surface area contributed by atoms with Gasteiger partial charge in [0, 0.05) is 19.2 Å². The van der Waals surface area contributed by atoms with Crippen molar-refractivity contribution < 1.29 is 13.7 Å². The Morgan fingerprint density at radius 2 is 1.89 bits per heavy atom. The van der Waals surface area contributed by atoms with Crippen LogP contribution in [0.4, 0.5) is 15.0 Å². The van der Waals surface area contributed by atoms with Crippen LogP contribution in [0.3, 0.4) is 0 Å². The van der Waals surface area contributed by atoms with E-state index in [2.05, 4.69) is 28.7 Å². The van der Waals surface area contributed by atoms with Crippen molar-refractivity contribution in [3.63, 3.8) is 0 Å². The van der Waals surface area contributed by atoms with Crippen molar-refractivity contribution in [2.45, 2.75) is 6.42 Å². The van der Waals surface area contributed by atoms with Crippen molar-refractivity contribution in [2.24, 2.45) is 0 Å². The fourth-order valence-corrected chi connectivity index (χ4v) is 3.08. The highest BCUT2D eigenvalue weighted by molar-refractivity contribution is 5.89. The normalized spacial score (nSPS) is 14.0. The number of carbonyl (C=O) groups is 1. The van der Waals surface area contributed by atoms with Crippen molar-refractivity contribution in [3.8, 4) is 11.3 Å². The number of amides is 2. The van der Waals surface area contributed by atoms with E-state index in [4.69, 9.17) is 4.52 Å². The summed E-state index contributed by atoms with van der Waals surface area (Å²) < 4.78 is 19.0. The van der Waals surface area contributed by atoms with Crippen LogP contribution in [0.5, 0.6) is 0 Å². The molecule has 2 aromatic carbocycles. The number of hydrogen-bond acceptors (Lipinski definition) is 3. The molecule has 136 valence electrons. The number of nitrogens with one attached hydrogen (secondary N) is 1. The van der Waals surface area contributed by atoms with E-state index in [0.717, 1.165) is 6.42 Å². The molecule has 6 heteroatoms. The zero-order chi connectivity index (χ0) is 18.6. The third kappa shape index (κ3) is 3.74. The molecule has 0 aliphatic carbocycles. The number of aromatic nitrogens is 1. The van der Waals surface area contributed by atoms with Gasteiger partial charge >= 0.3 is 6.03 Å². The first-order chi connectivity index (χ1) is 13.2. The lowest BCUT2D eigenvalue weighted by atomic mass is 10.00. The molecule has 0 unspecified atom stereocenters. The first-order valence-electron chi connectivity index (χ1n) is 8.73. The van der Waals surface area contributed by atoms with Crippen LogP contribution in [0.2, 0.25) is 0 Å². The number of hydrogen-bond donors (Lipinski definition) is 1. The predicted octanol–water partition coefficient (Wildman–Crippen LogP) is 4.80. The summed E-state index contributed by atoms with van der Waals surface area (Å²) in [5, 5.41) is 6.52. The molecule has 0 saturated carbocycles. The molecule has 0 atom stereocenters. The quantitative estimate of drug-likeness (QED) is 0.727. The number of rotatable bonds is 3. The van der Waals surface area contributed by atoms with Gasteiger partial charge in [0.25, 0.3) is 0 Å². The molecule has 4 rings (SSSR count). The van der Waals surface area contributed by atoms with Crippen LogP contribution < -0.4 is 5.32 Å². The van der Waals surface area contributed by atoms with Crippen molar-refractivity contribution in [2.75, 3.05) is 18.4 Å². The lowest BCUT2D eigenvalue weighted by Crippen LogP contribution is -2.37. The van der Waals surface area contributed by atoms with E-state index in [1.165, 1.54) is 23.3 Å². The maximum absolute atomic E-state index is 13.8. The SMILES string of the molecule is O=C(Nc1cc(-c2ccccc2F)on1)N1CC=C(c2ccccc2)CC1. The van der Waals surface area contributed by atoms with Gasteiger partial charge in [-0.1, -0.05) is 53.7 Å². The van der Waals surface area contributed by atoms with Crippen molar-refractivity contribution >= 4 is 17.4 Å². The summed E-state index contributed by atoms with van der Waals surface area (Å²) in [6.07, 6.45) is 2.85. The molecular weight excluding hydrogens is 345 g/mol. The van der Waals surface area contributed by atoms with Crippen LogP contribution in [0, 0.1) is 5.82 Å². The fourth-order valence-electron chi connectivity index (χ4n) is 3.08. The molecule has 0 bridgehead atoms. The predicted molar refractivity (Wildman–Crippen MR) is 102 cm³/mol. The van der Waals surface area contributed by atoms with Crippen molar-refractivity contribution in [3.05, 3.63) is 78.1 Å². The minimum atomic E-state index is -0.402. The molecule has 5 nitrogen and oxygen atoms in total. The highest BCUT2D eigenvalue weighted by Crippen LogP contribution is 2.26. The molecule has 1 aliphatic heterocycles. The van der Waals surface area contributed by atoms with Gasteiger partial charge in [0.15, 0.2) is 11.6 Å². The van der Waals surface area contributed by atoms with Crippen LogP contribution in [-0.4, -0.2) is 29.2 Å². The number of benzene rings is 2. The Balaban J connectivity index is 1.41. The lowest BCUT2D eigenvalue weighted by Gasteiger charge is -2.26. The smallest absolute Gasteiger partial charge is 0.323 e. The molecule has 3 aromatic rings. The van der Waals surface area contributed by atoms with Gasteiger partial charge in [0.05, 0.1) is 5.56 Å².